The van der Waals surface area contributed by atoms with Crippen LogP contribution in [0.1, 0.15) is 20.3 Å². The Bertz CT molecular complexity index is 563. The smallest absolute Gasteiger partial charge is 0.231 e. The number of rotatable bonds is 5. The zero-order valence-corrected chi connectivity index (χ0v) is 11.1. The van der Waals surface area contributed by atoms with E-state index in [1.807, 2.05) is 0 Å². The van der Waals surface area contributed by atoms with Crippen LogP contribution in [0.25, 0.3) is 0 Å². The van der Waals surface area contributed by atoms with E-state index < -0.39 is 15.7 Å². The molecule has 18 heavy (non-hydrogen) atoms. The van der Waals surface area contributed by atoms with Crippen molar-refractivity contribution in [2.24, 2.45) is 0 Å². The van der Waals surface area contributed by atoms with Gasteiger partial charge in [-0.3, -0.25) is 9.59 Å². The fourth-order valence-electron chi connectivity index (χ4n) is 1.42. The Labute approximate surface area is 106 Å². The molecule has 0 atom stereocenters. The highest BCUT2D eigenvalue weighted by molar-refractivity contribution is 7.91. The third-order valence-electron chi connectivity index (χ3n) is 2.29. The Hall–Kier alpha value is -1.69. The molecular formula is C12H15NO4S. The quantitative estimate of drug-likeness (QED) is 0.819. The molecule has 0 saturated carbocycles. The fraction of sp³-hybridized carbons (Fsp3) is 0.333. The van der Waals surface area contributed by atoms with Gasteiger partial charge < -0.3 is 5.32 Å². The van der Waals surface area contributed by atoms with Crippen molar-refractivity contribution in [2.45, 2.75) is 25.2 Å². The predicted octanol–water partition coefficient (Wildman–Crippen LogP) is 1.40. The highest BCUT2D eigenvalue weighted by atomic mass is 32.2. The second-order valence-electron chi connectivity index (χ2n) is 3.83. The van der Waals surface area contributed by atoms with Gasteiger partial charge in [0.1, 0.15) is 5.78 Å². The van der Waals surface area contributed by atoms with Crippen LogP contribution in [0.3, 0.4) is 0 Å². The monoisotopic (exact) mass is 269 g/mol. The second-order valence-corrected chi connectivity index (χ2v) is 6.07. The van der Waals surface area contributed by atoms with Crippen LogP contribution in [0, 0.1) is 0 Å². The second kappa shape index (κ2) is 5.77. The number of para-hydroxylation sites is 1. The molecule has 5 nitrogen and oxygen atoms in total. The van der Waals surface area contributed by atoms with E-state index in [1.165, 1.54) is 26.0 Å². The van der Waals surface area contributed by atoms with Crippen molar-refractivity contribution in [3.63, 3.8) is 0 Å². The maximum Gasteiger partial charge on any atom is 0.231 e. The van der Waals surface area contributed by atoms with Gasteiger partial charge in [-0.25, -0.2) is 8.42 Å². The molecule has 0 bridgehead atoms. The molecule has 0 aliphatic rings. The lowest BCUT2D eigenvalue weighted by molar-refractivity contribution is -0.124. The molecule has 1 N–H and O–H groups in total. The van der Waals surface area contributed by atoms with Crippen molar-refractivity contribution in [3.8, 4) is 0 Å². The molecule has 0 radical (unpaired) electrons. The molecule has 98 valence electrons. The number of sulfone groups is 1. The van der Waals surface area contributed by atoms with Crippen molar-refractivity contribution in [1.82, 2.24) is 0 Å². The molecule has 1 rings (SSSR count). The molecule has 0 saturated heterocycles. The number of carbonyl (C=O) groups excluding carboxylic acids is 2. The molecule has 1 amide bonds. The number of Topliss-reactive ketones (excluding diaryl/α,β-unsaturated/α-hetero) is 1. The number of anilines is 1. The summed E-state index contributed by atoms with van der Waals surface area (Å²) in [4.78, 5) is 22.3. The van der Waals surface area contributed by atoms with Crippen LogP contribution in [-0.4, -0.2) is 25.9 Å². The van der Waals surface area contributed by atoms with Crippen LogP contribution in [0.4, 0.5) is 5.69 Å². The van der Waals surface area contributed by atoms with E-state index in [4.69, 9.17) is 0 Å². The lowest BCUT2D eigenvalue weighted by Gasteiger charge is -2.10. The van der Waals surface area contributed by atoms with Gasteiger partial charge in [-0.2, -0.15) is 0 Å². The Balaban J connectivity index is 3.04. The van der Waals surface area contributed by atoms with Gasteiger partial charge >= 0.3 is 0 Å². The molecule has 0 fully saturated rings. The zero-order chi connectivity index (χ0) is 13.8. The molecule has 0 aliphatic carbocycles. The highest BCUT2D eigenvalue weighted by Crippen LogP contribution is 2.22. The van der Waals surface area contributed by atoms with E-state index in [0.717, 1.165) is 0 Å². The molecule has 1 aromatic carbocycles. The number of carbonyl (C=O) groups is 2. The largest absolute Gasteiger partial charge is 0.325 e. The van der Waals surface area contributed by atoms with Crippen molar-refractivity contribution in [1.29, 1.82) is 0 Å². The molecule has 0 aliphatic heterocycles. The average molecular weight is 269 g/mol. The number of benzene rings is 1. The van der Waals surface area contributed by atoms with Crippen LogP contribution < -0.4 is 5.32 Å². The highest BCUT2D eigenvalue weighted by Gasteiger charge is 2.17. The van der Waals surface area contributed by atoms with Crippen LogP contribution in [-0.2, 0) is 19.4 Å². The average Bonchev–Trinajstić information content (AvgIpc) is 2.28. The first kappa shape index (κ1) is 14.4. The van der Waals surface area contributed by atoms with Gasteiger partial charge in [0.05, 0.1) is 22.8 Å². The van der Waals surface area contributed by atoms with Gasteiger partial charge in [-0.15, -0.1) is 0 Å². The summed E-state index contributed by atoms with van der Waals surface area (Å²) in [5, 5.41) is 2.44. The first-order valence-corrected chi connectivity index (χ1v) is 7.13. The van der Waals surface area contributed by atoms with Gasteiger partial charge in [0.2, 0.25) is 5.91 Å². The molecule has 0 unspecified atom stereocenters. The summed E-state index contributed by atoms with van der Waals surface area (Å²) in [6.45, 7) is 2.83. The van der Waals surface area contributed by atoms with Crippen molar-refractivity contribution < 1.29 is 18.0 Å². The zero-order valence-electron chi connectivity index (χ0n) is 10.3. The van der Waals surface area contributed by atoms with Crippen LogP contribution in [0.15, 0.2) is 29.2 Å². The van der Waals surface area contributed by atoms with E-state index in [1.54, 1.807) is 12.1 Å². The first-order chi connectivity index (χ1) is 8.36. The SMILES string of the molecule is CCS(=O)(=O)c1ccccc1NC(=O)CC(C)=O. The van der Waals surface area contributed by atoms with Crippen molar-refractivity contribution >= 4 is 27.2 Å². The number of amides is 1. The lowest BCUT2D eigenvalue weighted by atomic mass is 10.2. The Morgan fingerprint density at radius 2 is 1.83 bits per heavy atom. The standard InChI is InChI=1S/C12H15NO4S/c1-3-18(16,17)11-7-5-4-6-10(11)13-12(15)8-9(2)14/h4-7H,3,8H2,1-2H3,(H,13,15). The van der Waals surface area contributed by atoms with Crippen LogP contribution in [0.5, 0.6) is 0 Å². The van der Waals surface area contributed by atoms with E-state index in [-0.39, 0.29) is 28.5 Å². The molecule has 0 spiro atoms. The predicted molar refractivity (Wildman–Crippen MR) is 68.1 cm³/mol. The summed E-state index contributed by atoms with van der Waals surface area (Å²) < 4.78 is 23.6. The van der Waals surface area contributed by atoms with E-state index in [9.17, 15) is 18.0 Å². The number of hydrogen-bond acceptors (Lipinski definition) is 4. The Kier molecular flexibility index (Phi) is 4.61. The molecular weight excluding hydrogens is 254 g/mol. The van der Waals surface area contributed by atoms with E-state index in [0.29, 0.717) is 0 Å². The lowest BCUT2D eigenvalue weighted by Crippen LogP contribution is -2.17. The minimum Gasteiger partial charge on any atom is -0.325 e. The topological polar surface area (TPSA) is 80.3 Å². The van der Waals surface area contributed by atoms with Crippen LogP contribution >= 0.6 is 0 Å². The summed E-state index contributed by atoms with van der Waals surface area (Å²) in [5.41, 5.74) is 0.214. The first-order valence-electron chi connectivity index (χ1n) is 5.48. The summed E-state index contributed by atoms with van der Waals surface area (Å²) in [6.07, 6.45) is -0.263. The number of hydrogen-bond donors (Lipinski definition) is 1. The normalized spacial score (nSPS) is 11.0. The van der Waals surface area contributed by atoms with Crippen molar-refractivity contribution in [2.75, 3.05) is 11.1 Å². The van der Waals surface area contributed by atoms with E-state index in [2.05, 4.69) is 5.32 Å². The summed E-state index contributed by atoms with van der Waals surface area (Å²) in [6, 6.07) is 6.14. The molecule has 0 aromatic heterocycles. The van der Waals surface area contributed by atoms with Gasteiger partial charge in [-0.05, 0) is 19.1 Å². The molecule has 0 heterocycles. The fourth-order valence-corrected chi connectivity index (χ4v) is 2.47. The van der Waals surface area contributed by atoms with Gasteiger partial charge in [-0.1, -0.05) is 19.1 Å². The number of nitrogens with one attached hydrogen (secondary N) is 1. The summed E-state index contributed by atoms with van der Waals surface area (Å²) in [7, 11) is -3.40. The van der Waals surface area contributed by atoms with Crippen LogP contribution in [0.2, 0.25) is 0 Å². The maximum absolute atomic E-state index is 11.8. The summed E-state index contributed by atoms with van der Waals surface area (Å²) >= 11 is 0. The molecule has 1 aromatic rings. The minimum atomic E-state index is -3.40. The molecule has 6 heteroatoms. The Morgan fingerprint density at radius 1 is 1.22 bits per heavy atom. The third-order valence-corrected chi connectivity index (χ3v) is 4.07. The Morgan fingerprint density at radius 3 is 2.39 bits per heavy atom. The van der Waals surface area contributed by atoms with Crippen molar-refractivity contribution in [3.05, 3.63) is 24.3 Å². The van der Waals surface area contributed by atoms with E-state index >= 15 is 0 Å². The maximum atomic E-state index is 11.8. The van der Waals surface area contributed by atoms with Gasteiger partial charge in [0.15, 0.2) is 9.84 Å². The number of ketones is 1. The van der Waals surface area contributed by atoms with Gasteiger partial charge in [0, 0.05) is 0 Å². The summed E-state index contributed by atoms with van der Waals surface area (Å²) in [5.74, 6) is -0.836. The van der Waals surface area contributed by atoms with Gasteiger partial charge in [0.25, 0.3) is 0 Å². The minimum absolute atomic E-state index is 0.0490. The third kappa shape index (κ3) is 3.66.